The van der Waals surface area contributed by atoms with Crippen LogP contribution in [0.1, 0.15) is 24.3 Å². The van der Waals surface area contributed by atoms with Crippen LogP contribution >= 0.6 is 12.4 Å². The minimum Gasteiger partial charge on any atom is -0.317 e. The Morgan fingerprint density at radius 3 is 2.64 bits per heavy atom. The maximum Gasteiger partial charge on any atom is 0.333 e. The second-order valence-corrected chi connectivity index (χ2v) is 6.13. The molecule has 2 aromatic heterocycles. The van der Waals surface area contributed by atoms with Gasteiger partial charge in [-0.05, 0) is 55.6 Å². The van der Waals surface area contributed by atoms with Gasteiger partial charge in [-0.25, -0.2) is 9.36 Å². The summed E-state index contributed by atoms with van der Waals surface area (Å²) in [5, 5.41) is 4.32. The molecule has 3 aromatic rings. The third kappa shape index (κ3) is 3.36. The number of aromatic nitrogens is 3. The van der Waals surface area contributed by atoms with Crippen molar-refractivity contribution < 1.29 is 0 Å². The number of aromatic amines is 1. The van der Waals surface area contributed by atoms with Crippen LogP contribution in [0.3, 0.4) is 0 Å². The van der Waals surface area contributed by atoms with E-state index in [1.807, 2.05) is 12.1 Å². The molecule has 0 bridgehead atoms. The van der Waals surface area contributed by atoms with Crippen molar-refractivity contribution in [2.24, 2.45) is 0 Å². The third-order valence-corrected chi connectivity index (χ3v) is 4.62. The maximum absolute atomic E-state index is 12.0. The van der Waals surface area contributed by atoms with E-state index in [2.05, 4.69) is 27.4 Å². The number of fused-ring (bicyclic) bond motifs is 1. The summed E-state index contributed by atoms with van der Waals surface area (Å²) < 4.78 is 1.10. The van der Waals surface area contributed by atoms with Gasteiger partial charge in [0.2, 0.25) is 0 Å². The monoisotopic (exact) mass is 358 g/mol. The zero-order valence-corrected chi connectivity index (χ0v) is 14.4. The number of piperidine rings is 1. The first kappa shape index (κ1) is 17.4. The SMILES string of the molecule is Cl.O=c1cc[nH]c(=O)n1-c1cnc2ccc(C3CCNCC3)cc2c1. The fraction of sp³-hybridized carbons (Fsp3) is 0.278. The quantitative estimate of drug-likeness (QED) is 0.734. The summed E-state index contributed by atoms with van der Waals surface area (Å²) in [5.74, 6) is 0.544. The maximum atomic E-state index is 12.0. The third-order valence-electron chi connectivity index (χ3n) is 4.62. The Morgan fingerprint density at radius 2 is 1.88 bits per heavy atom. The molecule has 7 heteroatoms. The van der Waals surface area contributed by atoms with Gasteiger partial charge in [0.1, 0.15) is 0 Å². The van der Waals surface area contributed by atoms with E-state index in [9.17, 15) is 9.59 Å². The van der Waals surface area contributed by atoms with Crippen LogP contribution in [0.5, 0.6) is 0 Å². The average molecular weight is 359 g/mol. The predicted octanol–water partition coefficient (Wildman–Crippen LogP) is 1.96. The van der Waals surface area contributed by atoms with E-state index in [1.54, 1.807) is 6.20 Å². The first-order valence-corrected chi connectivity index (χ1v) is 8.14. The molecule has 1 aliphatic heterocycles. The molecule has 1 aromatic carbocycles. The summed E-state index contributed by atoms with van der Waals surface area (Å²) in [5.41, 5.74) is 1.80. The molecule has 0 spiro atoms. The van der Waals surface area contributed by atoms with Gasteiger partial charge in [0.15, 0.2) is 0 Å². The number of hydrogen-bond donors (Lipinski definition) is 2. The molecule has 25 heavy (non-hydrogen) atoms. The van der Waals surface area contributed by atoms with E-state index < -0.39 is 5.69 Å². The van der Waals surface area contributed by atoms with Crippen molar-refractivity contribution in [1.82, 2.24) is 19.9 Å². The van der Waals surface area contributed by atoms with Crippen LogP contribution < -0.4 is 16.6 Å². The van der Waals surface area contributed by atoms with Gasteiger partial charge < -0.3 is 10.3 Å². The Morgan fingerprint density at radius 1 is 1.08 bits per heavy atom. The van der Waals surface area contributed by atoms with Crippen molar-refractivity contribution in [2.45, 2.75) is 18.8 Å². The Kier molecular flexibility index (Phi) is 5.01. The molecule has 1 saturated heterocycles. The Labute approximate surface area is 150 Å². The molecule has 130 valence electrons. The second-order valence-electron chi connectivity index (χ2n) is 6.13. The van der Waals surface area contributed by atoms with Crippen molar-refractivity contribution in [3.63, 3.8) is 0 Å². The van der Waals surface area contributed by atoms with Gasteiger partial charge >= 0.3 is 5.69 Å². The summed E-state index contributed by atoms with van der Waals surface area (Å²) in [7, 11) is 0. The van der Waals surface area contributed by atoms with E-state index >= 15 is 0 Å². The summed E-state index contributed by atoms with van der Waals surface area (Å²) in [6.45, 7) is 2.07. The first-order chi connectivity index (χ1) is 11.7. The molecule has 3 heterocycles. The van der Waals surface area contributed by atoms with E-state index in [1.165, 1.54) is 17.8 Å². The van der Waals surface area contributed by atoms with Crippen LogP contribution in [0.15, 0.2) is 52.3 Å². The Hall–Kier alpha value is -2.44. The van der Waals surface area contributed by atoms with Gasteiger partial charge in [-0.15, -0.1) is 12.4 Å². The average Bonchev–Trinajstić information content (AvgIpc) is 2.62. The lowest BCUT2D eigenvalue weighted by Gasteiger charge is -2.23. The number of H-pyrrole nitrogens is 1. The Balaban J connectivity index is 0.00000182. The lowest BCUT2D eigenvalue weighted by Crippen LogP contribution is -2.32. The summed E-state index contributed by atoms with van der Waals surface area (Å²) >= 11 is 0. The predicted molar refractivity (Wildman–Crippen MR) is 100 cm³/mol. The molecule has 0 unspecified atom stereocenters. The number of rotatable bonds is 2. The highest BCUT2D eigenvalue weighted by atomic mass is 35.5. The highest BCUT2D eigenvalue weighted by Gasteiger charge is 2.15. The molecule has 1 fully saturated rings. The van der Waals surface area contributed by atoms with Gasteiger partial charge in [0.25, 0.3) is 5.56 Å². The number of halogens is 1. The van der Waals surface area contributed by atoms with Gasteiger partial charge in [-0.2, -0.15) is 0 Å². The Bertz CT molecular complexity index is 977. The van der Waals surface area contributed by atoms with Crippen molar-refractivity contribution in [3.05, 3.63) is 69.1 Å². The van der Waals surface area contributed by atoms with Crippen LogP contribution in [0, 0.1) is 0 Å². The molecule has 1 aliphatic rings. The molecule has 0 radical (unpaired) electrons. The molecule has 0 aliphatic carbocycles. The van der Waals surface area contributed by atoms with Gasteiger partial charge in [-0.1, -0.05) is 6.07 Å². The zero-order valence-electron chi connectivity index (χ0n) is 13.6. The number of pyridine rings is 1. The smallest absolute Gasteiger partial charge is 0.317 e. The fourth-order valence-corrected chi connectivity index (χ4v) is 3.34. The highest BCUT2D eigenvalue weighted by Crippen LogP contribution is 2.28. The normalized spacial score (nSPS) is 15.0. The molecular weight excluding hydrogens is 340 g/mol. The topological polar surface area (TPSA) is 79.8 Å². The van der Waals surface area contributed by atoms with Crippen LogP contribution in [0.2, 0.25) is 0 Å². The number of benzene rings is 1. The molecule has 2 N–H and O–H groups in total. The molecule has 0 amide bonds. The lowest BCUT2D eigenvalue weighted by atomic mass is 9.89. The van der Waals surface area contributed by atoms with Gasteiger partial charge in [-0.3, -0.25) is 9.78 Å². The van der Waals surface area contributed by atoms with Gasteiger partial charge in [0.05, 0.1) is 17.4 Å². The summed E-state index contributed by atoms with van der Waals surface area (Å²) in [4.78, 5) is 30.9. The van der Waals surface area contributed by atoms with Crippen molar-refractivity contribution in [2.75, 3.05) is 13.1 Å². The molecule has 0 saturated carbocycles. The molecule has 0 atom stereocenters. The summed E-state index contributed by atoms with van der Waals surface area (Å²) in [6.07, 6.45) is 5.15. The molecular formula is C18H19ClN4O2. The minimum atomic E-state index is -0.460. The number of nitrogens with zero attached hydrogens (tertiary/aromatic N) is 2. The number of nitrogens with one attached hydrogen (secondary N) is 2. The fourth-order valence-electron chi connectivity index (χ4n) is 3.34. The summed E-state index contributed by atoms with van der Waals surface area (Å²) in [6, 6.07) is 9.45. The highest BCUT2D eigenvalue weighted by molar-refractivity contribution is 5.85. The molecule has 4 rings (SSSR count). The van der Waals surface area contributed by atoms with Crippen LogP contribution in [-0.2, 0) is 0 Å². The van der Waals surface area contributed by atoms with Gasteiger partial charge in [0, 0.05) is 17.6 Å². The minimum absolute atomic E-state index is 0. The van der Waals surface area contributed by atoms with Crippen LogP contribution in [-0.4, -0.2) is 27.6 Å². The van der Waals surface area contributed by atoms with Crippen LogP contribution in [0.4, 0.5) is 0 Å². The largest absolute Gasteiger partial charge is 0.333 e. The van der Waals surface area contributed by atoms with Crippen molar-refractivity contribution >= 4 is 23.3 Å². The lowest BCUT2D eigenvalue weighted by molar-refractivity contribution is 0.460. The van der Waals surface area contributed by atoms with E-state index in [-0.39, 0.29) is 18.0 Å². The van der Waals surface area contributed by atoms with E-state index in [4.69, 9.17) is 0 Å². The zero-order chi connectivity index (χ0) is 16.5. The van der Waals surface area contributed by atoms with E-state index in [0.29, 0.717) is 11.6 Å². The van der Waals surface area contributed by atoms with E-state index in [0.717, 1.165) is 41.4 Å². The van der Waals surface area contributed by atoms with Crippen molar-refractivity contribution in [3.8, 4) is 5.69 Å². The number of hydrogen-bond acceptors (Lipinski definition) is 4. The molecule has 6 nitrogen and oxygen atoms in total. The second kappa shape index (κ2) is 7.21. The van der Waals surface area contributed by atoms with Crippen molar-refractivity contribution in [1.29, 1.82) is 0 Å². The standard InChI is InChI=1S/C18H18N4O2.ClH/c23-17-5-8-20-18(24)22(17)15-10-14-9-13(1-2-16(14)21-11-15)12-3-6-19-7-4-12;/h1-2,5,8-12,19H,3-4,6-7H2,(H,20,24);1H. The van der Waals surface area contributed by atoms with Crippen LogP contribution in [0.25, 0.3) is 16.6 Å². The first-order valence-electron chi connectivity index (χ1n) is 8.14.